The second-order valence-electron chi connectivity index (χ2n) is 7.30. The third-order valence-corrected chi connectivity index (χ3v) is 5.18. The molecular formula is C20H20F3N7S. The second-order valence-corrected chi connectivity index (χ2v) is 7.69. The fourth-order valence-corrected chi connectivity index (χ4v) is 3.54. The summed E-state index contributed by atoms with van der Waals surface area (Å²) in [6.45, 7) is 4.47. The standard InChI is InChI=1S/C20H20F3N7S/c1-13-3-5-15(6-4-13)11-28-12-16(10-24-28)30-18(25-26-19(30)31)7-8-29-14(2)9-17(27-29)20(21,22)23/h3-6,9-10,12H,7-8,11H2,1-2H3,(H,26,31). The first-order valence-electron chi connectivity index (χ1n) is 9.57. The lowest BCUT2D eigenvalue weighted by Crippen LogP contribution is -2.11. The molecule has 3 aromatic heterocycles. The van der Waals surface area contributed by atoms with Crippen LogP contribution in [0.25, 0.3) is 5.69 Å². The highest BCUT2D eigenvalue weighted by Gasteiger charge is 2.34. The number of nitrogens with zero attached hydrogens (tertiary/aromatic N) is 6. The summed E-state index contributed by atoms with van der Waals surface area (Å²) in [7, 11) is 0. The van der Waals surface area contributed by atoms with E-state index in [-0.39, 0.29) is 6.54 Å². The Balaban J connectivity index is 1.52. The average molecular weight is 447 g/mol. The lowest BCUT2D eigenvalue weighted by Gasteiger charge is -2.06. The number of H-pyrrole nitrogens is 1. The number of hydrogen-bond donors (Lipinski definition) is 1. The van der Waals surface area contributed by atoms with Gasteiger partial charge in [-0.3, -0.25) is 19.0 Å². The van der Waals surface area contributed by atoms with E-state index in [1.807, 2.05) is 37.4 Å². The summed E-state index contributed by atoms with van der Waals surface area (Å²) >= 11 is 5.35. The van der Waals surface area contributed by atoms with Gasteiger partial charge in [0.05, 0.1) is 18.4 Å². The molecule has 1 N–H and O–H groups in total. The number of aryl methyl sites for hydroxylation is 4. The lowest BCUT2D eigenvalue weighted by atomic mass is 10.1. The molecule has 0 unspecified atom stereocenters. The molecule has 0 aliphatic heterocycles. The molecule has 4 rings (SSSR count). The molecule has 0 aliphatic carbocycles. The van der Waals surface area contributed by atoms with Crippen molar-refractivity contribution in [3.05, 3.63) is 75.8 Å². The van der Waals surface area contributed by atoms with Crippen LogP contribution in [0, 0.1) is 18.6 Å². The summed E-state index contributed by atoms with van der Waals surface area (Å²) in [5.74, 6) is 0.586. The van der Waals surface area contributed by atoms with E-state index in [4.69, 9.17) is 12.2 Å². The molecule has 0 atom stereocenters. The number of benzene rings is 1. The van der Waals surface area contributed by atoms with Crippen molar-refractivity contribution in [1.82, 2.24) is 34.3 Å². The Morgan fingerprint density at radius 3 is 2.55 bits per heavy atom. The highest BCUT2D eigenvalue weighted by molar-refractivity contribution is 7.71. The monoisotopic (exact) mass is 447 g/mol. The Hall–Kier alpha value is -3.21. The van der Waals surface area contributed by atoms with Crippen LogP contribution in [0.1, 0.15) is 28.3 Å². The molecule has 0 bridgehead atoms. The zero-order chi connectivity index (χ0) is 22.2. The first kappa shape index (κ1) is 21.0. The van der Waals surface area contributed by atoms with Gasteiger partial charge in [-0.15, -0.1) is 0 Å². The number of nitrogens with one attached hydrogen (secondary N) is 1. The molecule has 0 radical (unpaired) electrons. The van der Waals surface area contributed by atoms with Crippen LogP contribution < -0.4 is 0 Å². The molecule has 31 heavy (non-hydrogen) atoms. The van der Waals surface area contributed by atoms with Crippen LogP contribution in [0.4, 0.5) is 13.2 Å². The zero-order valence-corrected chi connectivity index (χ0v) is 17.7. The minimum atomic E-state index is -4.47. The minimum absolute atomic E-state index is 0.235. The lowest BCUT2D eigenvalue weighted by molar-refractivity contribution is -0.141. The van der Waals surface area contributed by atoms with E-state index in [0.29, 0.717) is 29.3 Å². The van der Waals surface area contributed by atoms with Crippen molar-refractivity contribution >= 4 is 12.2 Å². The van der Waals surface area contributed by atoms with Gasteiger partial charge in [-0.1, -0.05) is 29.8 Å². The molecule has 7 nitrogen and oxygen atoms in total. The Kier molecular flexibility index (Phi) is 5.52. The van der Waals surface area contributed by atoms with Crippen LogP contribution in [0.3, 0.4) is 0 Å². The molecule has 4 aromatic rings. The predicted octanol–water partition coefficient (Wildman–Crippen LogP) is 4.25. The number of hydrogen-bond acceptors (Lipinski definition) is 4. The first-order valence-corrected chi connectivity index (χ1v) is 9.98. The average Bonchev–Trinajstić information content (AvgIpc) is 3.40. The second kappa shape index (κ2) is 8.14. The minimum Gasteiger partial charge on any atom is -0.269 e. The van der Waals surface area contributed by atoms with Gasteiger partial charge in [-0.2, -0.15) is 28.5 Å². The van der Waals surface area contributed by atoms with Crippen molar-refractivity contribution in [2.75, 3.05) is 0 Å². The fourth-order valence-electron chi connectivity index (χ4n) is 3.28. The zero-order valence-electron chi connectivity index (χ0n) is 16.9. The Bertz CT molecular complexity index is 1250. The SMILES string of the molecule is Cc1ccc(Cn2cc(-n3c(CCn4nc(C(F)(F)F)cc4C)n[nH]c3=S)cn2)cc1. The molecule has 3 heterocycles. The fraction of sp³-hybridized carbons (Fsp3) is 0.300. The van der Waals surface area contributed by atoms with Gasteiger partial charge in [-0.25, -0.2) is 0 Å². The van der Waals surface area contributed by atoms with Crippen LogP contribution >= 0.6 is 12.2 Å². The predicted molar refractivity (Wildman–Crippen MR) is 110 cm³/mol. The maximum atomic E-state index is 12.9. The van der Waals surface area contributed by atoms with Gasteiger partial charge in [0.15, 0.2) is 10.5 Å². The molecule has 11 heteroatoms. The number of aromatic amines is 1. The summed E-state index contributed by atoms with van der Waals surface area (Å²) in [6.07, 6.45) is -0.586. The van der Waals surface area contributed by atoms with Crippen molar-refractivity contribution in [3.8, 4) is 5.69 Å². The quantitative estimate of drug-likeness (QED) is 0.449. The third-order valence-electron chi connectivity index (χ3n) is 4.90. The Labute approximate surface area is 181 Å². The topological polar surface area (TPSA) is 69.2 Å². The normalized spacial score (nSPS) is 11.9. The van der Waals surface area contributed by atoms with E-state index in [2.05, 4.69) is 20.4 Å². The third kappa shape index (κ3) is 4.61. The molecule has 0 fully saturated rings. The number of halogens is 3. The van der Waals surface area contributed by atoms with Crippen molar-refractivity contribution in [2.24, 2.45) is 0 Å². The van der Waals surface area contributed by atoms with Crippen LogP contribution in [0.15, 0.2) is 42.7 Å². The van der Waals surface area contributed by atoms with Crippen LogP contribution in [-0.4, -0.2) is 34.3 Å². The summed E-state index contributed by atoms with van der Waals surface area (Å²) in [4.78, 5) is 0. The molecule has 1 aromatic carbocycles. The van der Waals surface area contributed by atoms with Gasteiger partial charge in [0.25, 0.3) is 0 Å². The van der Waals surface area contributed by atoms with Crippen LogP contribution in [0.5, 0.6) is 0 Å². The maximum Gasteiger partial charge on any atom is 0.435 e. The van der Waals surface area contributed by atoms with E-state index >= 15 is 0 Å². The van der Waals surface area contributed by atoms with Gasteiger partial charge < -0.3 is 0 Å². The number of aromatic nitrogens is 7. The van der Waals surface area contributed by atoms with Gasteiger partial charge >= 0.3 is 6.18 Å². The maximum absolute atomic E-state index is 12.9. The van der Waals surface area contributed by atoms with Crippen LogP contribution in [0.2, 0.25) is 0 Å². The molecule has 0 spiro atoms. The van der Waals surface area contributed by atoms with Crippen molar-refractivity contribution < 1.29 is 13.2 Å². The molecule has 0 saturated heterocycles. The Morgan fingerprint density at radius 2 is 1.87 bits per heavy atom. The summed E-state index contributed by atoms with van der Waals surface area (Å²) in [5.41, 5.74) is 2.56. The number of alkyl halides is 3. The van der Waals surface area contributed by atoms with Gasteiger partial charge in [0.2, 0.25) is 0 Å². The summed E-state index contributed by atoms with van der Waals surface area (Å²) < 4.78 is 43.9. The molecule has 0 amide bonds. The molecule has 0 saturated carbocycles. The largest absolute Gasteiger partial charge is 0.435 e. The highest BCUT2D eigenvalue weighted by Crippen LogP contribution is 2.28. The van der Waals surface area contributed by atoms with Gasteiger partial charge in [0, 0.05) is 24.9 Å². The van der Waals surface area contributed by atoms with Crippen molar-refractivity contribution in [2.45, 2.75) is 39.5 Å². The van der Waals surface area contributed by atoms with Crippen molar-refractivity contribution in [3.63, 3.8) is 0 Å². The molecule has 162 valence electrons. The smallest absolute Gasteiger partial charge is 0.269 e. The molecular weight excluding hydrogens is 427 g/mol. The van der Waals surface area contributed by atoms with Crippen molar-refractivity contribution in [1.29, 1.82) is 0 Å². The van der Waals surface area contributed by atoms with Gasteiger partial charge in [0.1, 0.15) is 5.82 Å². The highest BCUT2D eigenvalue weighted by atomic mass is 32.1. The van der Waals surface area contributed by atoms with Crippen LogP contribution in [-0.2, 0) is 25.7 Å². The van der Waals surface area contributed by atoms with E-state index in [0.717, 1.165) is 17.3 Å². The summed E-state index contributed by atoms with van der Waals surface area (Å²) in [6, 6.07) is 9.23. The number of rotatable bonds is 6. The molecule has 0 aliphatic rings. The van der Waals surface area contributed by atoms with Gasteiger partial charge in [-0.05, 0) is 37.7 Å². The van der Waals surface area contributed by atoms with E-state index in [9.17, 15) is 13.2 Å². The first-order chi connectivity index (χ1) is 14.7. The summed E-state index contributed by atoms with van der Waals surface area (Å²) in [5, 5.41) is 15.1. The van der Waals surface area contributed by atoms with E-state index in [1.165, 1.54) is 10.2 Å². The Morgan fingerprint density at radius 1 is 1.13 bits per heavy atom. The van der Waals surface area contributed by atoms with E-state index < -0.39 is 11.9 Å². The van der Waals surface area contributed by atoms with E-state index in [1.54, 1.807) is 22.4 Å².